The molecular weight excluding hydrogens is 270 g/mol. The van der Waals surface area contributed by atoms with Crippen molar-refractivity contribution in [3.8, 4) is 0 Å². The van der Waals surface area contributed by atoms with Crippen molar-refractivity contribution in [1.82, 2.24) is 4.90 Å². The van der Waals surface area contributed by atoms with Gasteiger partial charge in [-0.2, -0.15) is 0 Å². The van der Waals surface area contributed by atoms with E-state index in [4.69, 9.17) is 9.15 Å². The fourth-order valence-electron chi connectivity index (χ4n) is 3.09. The second-order valence-corrected chi connectivity index (χ2v) is 6.90. The van der Waals surface area contributed by atoms with Gasteiger partial charge in [-0.05, 0) is 46.8 Å². The molecular formula is C16H25NO4. The number of furan rings is 1. The average molecular weight is 295 g/mol. The van der Waals surface area contributed by atoms with Crippen molar-refractivity contribution >= 4 is 5.97 Å². The average Bonchev–Trinajstić information content (AvgIpc) is 2.82. The molecule has 1 unspecified atom stereocenters. The lowest BCUT2D eigenvalue weighted by atomic mass is 9.97. The normalized spacial score (nSPS) is 22.8. The van der Waals surface area contributed by atoms with E-state index < -0.39 is 5.97 Å². The molecule has 118 valence electrons. The fourth-order valence-corrected chi connectivity index (χ4v) is 3.09. The minimum absolute atomic E-state index is 0.0749. The second kappa shape index (κ2) is 5.46. The van der Waals surface area contributed by atoms with Crippen LogP contribution in [0.4, 0.5) is 0 Å². The number of hydrogen-bond donors (Lipinski definition) is 0. The maximum atomic E-state index is 11.5. The highest BCUT2D eigenvalue weighted by Crippen LogP contribution is 2.33. The molecule has 5 nitrogen and oxygen atoms in total. The zero-order valence-electron chi connectivity index (χ0n) is 13.7. The quantitative estimate of drug-likeness (QED) is 0.802. The third-order valence-corrected chi connectivity index (χ3v) is 3.69. The van der Waals surface area contributed by atoms with Gasteiger partial charge in [0.1, 0.15) is 5.76 Å². The van der Waals surface area contributed by atoms with Gasteiger partial charge in [-0.3, -0.25) is 4.90 Å². The number of carbonyl (C=O) groups is 1. The molecule has 0 N–H and O–H groups in total. The number of ether oxygens (including phenoxy) is 2. The number of hydrogen-bond acceptors (Lipinski definition) is 5. The minimum atomic E-state index is -0.448. The predicted octanol–water partition coefficient (Wildman–Crippen LogP) is 3.02. The van der Waals surface area contributed by atoms with Crippen molar-refractivity contribution in [3.63, 3.8) is 0 Å². The van der Waals surface area contributed by atoms with Gasteiger partial charge in [-0.1, -0.05) is 0 Å². The molecule has 1 fully saturated rings. The zero-order valence-corrected chi connectivity index (χ0v) is 13.7. The summed E-state index contributed by atoms with van der Waals surface area (Å²) in [6.45, 7) is 12.1. The summed E-state index contributed by atoms with van der Waals surface area (Å²) in [5.41, 5.74) is -0.429. The van der Waals surface area contributed by atoms with Gasteiger partial charge in [0.25, 0.3) is 0 Å². The fraction of sp³-hybridized carbons (Fsp3) is 0.688. The van der Waals surface area contributed by atoms with Crippen LogP contribution in [0.25, 0.3) is 0 Å². The van der Waals surface area contributed by atoms with E-state index in [1.807, 2.05) is 6.07 Å². The summed E-state index contributed by atoms with van der Waals surface area (Å²) in [6.07, 6.45) is 0. The molecule has 2 heterocycles. The van der Waals surface area contributed by atoms with E-state index >= 15 is 0 Å². The van der Waals surface area contributed by atoms with Crippen molar-refractivity contribution in [1.29, 1.82) is 0 Å². The topological polar surface area (TPSA) is 51.9 Å². The third kappa shape index (κ3) is 3.66. The van der Waals surface area contributed by atoms with Crippen LogP contribution in [0.2, 0.25) is 0 Å². The highest BCUT2D eigenvalue weighted by Gasteiger charge is 2.40. The Hall–Kier alpha value is -1.33. The van der Waals surface area contributed by atoms with Gasteiger partial charge in [0.15, 0.2) is 0 Å². The van der Waals surface area contributed by atoms with Crippen LogP contribution in [0.15, 0.2) is 16.5 Å². The molecule has 1 saturated heterocycles. The third-order valence-electron chi connectivity index (χ3n) is 3.69. The number of morpholine rings is 1. The standard InChI is InChI=1S/C16H25NO4/c1-11(12-7-8-13(20-12)14(18)19-6)17-9-15(2,3)21-16(4,5)10-17/h7-8,11H,9-10H2,1-6H3. The van der Waals surface area contributed by atoms with E-state index in [0.29, 0.717) is 0 Å². The first-order valence-corrected chi connectivity index (χ1v) is 7.26. The molecule has 2 rings (SSSR count). The van der Waals surface area contributed by atoms with E-state index in [0.717, 1.165) is 18.8 Å². The van der Waals surface area contributed by atoms with Crippen LogP contribution in [0.3, 0.4) is 0 Å². The SMILES string of the molecule is COC(=O)c1ccc(C(C)N2CC(C)(C)OC(C)(C)C2)o1. The molecule has 5 heteroatoms. The maximum Gasteiger partial charge on any atom is 0.373 e. The van der Waals surface area contributed by atoms with E-state index in [-0.39, 0.29) is 23.0 Å². The molecule has 1 aromatic rings. The van der Waals surface area contributed by atoms with Crippen molar-refractivity contribution < 1.29 is 18.7 Å². The van der Waals surface area contributed by atoms with Crippen molar-refractivity contribution in [3.05, 3.63) is 23.7 Å². The zero-order chi connectivity index (χ0) is 15.8. The molecule has 1 atom stereocenters. The molecule has 1 aliphatic heterocycles. The minimum Gasteiger partial charge on any atom is -0.463 e. The maximum absolute atomic E-state index is 11.5. The molecule has 0 bridgehead atoms. The Balaban J connectivity index is 2.17. The largest absolute Gasteiger partial charge is 0.463 e. The Bertz CT molecular complexity index is 502. The molecule has 21 heavy (non-hydrogen) atoms. The lowest BCUT2D eigenvalue weighted by Crippen LogP contribution is -2.57. The van der Waals surface area contributed by atoms with Crippen LogP contribution < -0.4 is 0 Å². The molecule has 0 spiro atoms. The first kappa shape index (κ1) is 16.0. The van der Waals surface area contributed by atoms with Crippen LogP contribution in [-0.2, 0) is 9.47 Å². The second-order valence-electron chi connectivity index (χ2n) is 6.90. The number of rotatable bonds is 3. The van der Waals surface area contributed by atoms with Crippen LogP contribution >= 0.6 is 0 Å². The van der Waals surface area contributed by atoms with Gasteiger partial charge in [0.2, 0.25) is 5.76 Å². The Kier molecular flexibility index (Phi) is 4.17. The van der Waals surface area contributed by atoms with Crippen molar-refractivity contribution in [2.45, 2.75) is 51.9 Å². The van der Waals surface area contributed by atoms with Crippen LogP contribution in [0.1, 0.15) is 57.0 Å². The number of carbonyl (C=O) groups excluding carboxylic acids is 1. The Morgan fingerprint density at radius 1 is 1.24 bits per heavy atom. The number of methoxy groups -OCH3 is 1. The Morgan fingerprint density at radius 3 is 2.33 bits per heavy atom. The summed E-state index contributed by atoms with van der Waals surface area (Å²) >= 11 is 0. The molecule has 0 radical (unpaired) electrons. The summed E-state index contributed by atoms with van der Waals surface area (Å²) in [6, 6.07) is 3.58. The molecule has 0 aliphatic carbocycles. The molecule has 0 amide bonds. The molecule has 0 aromatic carbocycles. The Labute approximate surface area is 126 Å². The van der Waals surface area contributed by atoms with Crippen LogP contribution in [0.5, 0.6) is 0 Å². The van der Waals surface area contributed by atoms with Gasteiger partial charge in [0, 0.05) is 13.1 Å². The lowest BCUT2D eigenvalue weighted by Gasteiger charge is -2.48. The highest BCUT2D eigenvalue weighted by atomic mass is 16.5. The first-order chi connectivity index (χ1) is 9.63. The van der Waals surface area contributed by atoms with Gasteiger partial charge in [-0.25, -0.2) is 4.79 Å². The van der Waals surface area contributed by atoms with E-state index in [1.54, 1.807) is 6.07 Å². The smallest absolute Gasteiger partial charge is 0.373 e. The summed E-state index contributed by atoms with van der Waals surface area (Å²) in [5, 5.41) is 0. The monoisotopic (exact) mass is 295 g/mol. The predicted molar refractivity (Wildman–Crippen MR) is 79.3 cm³/mol. The summed E-state index contributed by atoms with van der Waals surface area (Å²) in [7, 11) is 1.35. The van der Waals surface area contributed by atoms with E-state index in [9.17, 15) is 4.79 Å². The van der Waals surface area contributed by atoms with Crippen molar-refractivity contribution in [2.75, 3.05) is 20.2 Å². The van der Waals surface area contributed by atoms with Gasteiger partial charge < -0.3 is 13.9 Å². The number of nitrogens with zero attached hydrogens (tertiary/aromatic N) is 1. The number of esters is 1. The molecule has 1 aliphatic rings. The van der Waals surface area contributed by atoms with Crippen LogP contribution in [0, 0.1) is 0 Å². The van der Waals surface area contributed by atoms with E-state index in [2.05, 4.69) is 44.3 Å². The molecule has 1 aromatic heterocycles. The van der Waals surface area contributed by atoms with E-state index in [1.165, 1.54) is 7.11 Å². The lowest BCUT2D eigenvalue weighted by molar-refractivity contribution is -0.188. The van der Waals surface area contributed by atoms with Gasteiger partial charge >= 0.3 is 5.97 Å². The van der Waals surface area contributed by atoms with Crippen LogP contribution in [-0.4, -0.2) is 42.3 Å². The summed E-state index contributed by atoms with van der Waals surface area (Å²) in [4.78, 5) is 13.8. The Morgan fingerprint density at radius 2 is 1.81 bits per heavy atom. The molecule has 0 saturated carbocycles. The van der Waals surface area contributed by atoms with Gasteiger partial charge in [-0.15, -0.1) is 0 Å². The van der Waals surface area contributed by atoms with Gasteiger partial charge in [0.05, 0.1) is 24.4 Å². The highest BCUT2D eigenvalue weighted by molar-refractivity contribution is 5.86. The summed E-state index contributed by atoms with van der Waals surface area (Å²) < 4.78 is 16.4. The first-order valence-electron chi connectivity index (χ1n) is 7.26. The van der Waals surface area contributed by atoms with Crippen molar-refractivity contribution in [2.24, 2.45) is 0 Å². The summed E-state index contributed by atoms with van der Waals surface area (Å²) in [5.74, 6) is 0.561.